The first-order valence-electron chi connectivity index (χ1n) is 7.20. The van der Waals surface area contributed by atoms with Crippen molar-refractivity contribution in [2.75, 3.05) is 7.11 Å². The Morgan fingerprint density at radius 2 is 1.75 bits per heavy atom. The van der Waals surface area contributed by atoms with Crippen LogP contribution in [0.4, 0.5) is 0 Å². The number of methoxy groups -OCH3 is 1. The van der Waals surface area contributed by atoms with E-state index in [1.807, 2.05) is 54.1 Å². The molecule has 3 rings (SSSR count). The summed E-state index contributed by atoms with van der Waals surface area (Å²) in [5.41, 5.74) is 1.80. The third-order valence-corrected chi connectivity index (χ3v) is 5.35. The number of thioether (sulfide) groups is 1. The van der Waals surface area contributed by atoms with E-state index in [9.17, 15) is 0 Å². The van der Waals surface area contributed by atoms with Crippen LogP contribution >= 0.6 is 35.0 Å². The summed E-state index contributed by atoms with van der Waals surface area (Å²) < 4.78 is 7.34. The molecule has 0 fully saturated rings. The van der Waals surface area contributed by atoms with Crippen LogP contribution in [0.3, 0.4) is 0 Å². The lowest BCUT2D eigenvalue weighted by molar-refractivity contribution is 0.416. The highest BCUT2D eigenvalue weighted by Crippen LogP contribution is 2.33. The molecule has 7 heteroatoms. The van der Waals surface area contributed by atoms with Gasteiger partial charge in [0.25, 0.3) is 0 Å². The molecule has 0 aliphatic carbocycles. The van der Waals surface area contributed by atoms with Gasteiger partial charge in [-0.2, -0.15) is 0 Å². The van der Waals surface area contributed by atoms with Crippen LogP contribution in [-0.4, -0.2) is 21.9 Å². The van der Waals surface area contributed by atoms with Crippen molar-refractivity contribution in [2.24, 2.45) is 7.05 Å². The zero-order valence-electron chi connectivity index (χ0n) is 13.2. The first-order chi connectivity index (χ1) is 11.6. The van der Waals surface area contributed by atoms with E-state index >= 15 is 0 Å². The van der Waals surface area contributed by atoms with Crippen molar-refractivity contribution < 1.29 is 4.74 Å². The summed E-state index contributed by atoms with van der Waals surface area (Å²) in [5.74, 6) is 2.13. The fourth-order valence-electron chi connectivity index (χ4n) is 2.31. The molecule has 0 spiro atoms. The molecule has 0 unspecified atom stereocenters. The molecule has 0 aliphatic rings. The van der Waals surface area contributed by atoms with Gasteiger partial charge in [0.2, 0.25) is 0 Å². The van der Waals surface area contributed by atoms with E-state index in [4.69, 9.17) is 27.9 Å². The molecule has 0 atom stereocenters. The molecule has 4 nitrogen and oxygen atoms in total. The summed E-state index contributed by atoms with van der Waals surface area (Å²) >= 11 is 14.0. The molecular formula is C17H15Cl2N3OS. The van der Waals surface area contributed by atoms with Crippen molar-refractivity contribution >= 4 is 35.0 Å². The second kappa shape index (κ2) is 7.47. The monoisotopic (exact) mass is 379 g/mol. The van der Waals surface area contributed by atoms with Crippen molar-refractivity contribution in [3.05, 3.63) is 58.1 Å². The predicted octanol–water partition coefficient (Wildman–Crippen LogP) is 5.09. The first kappa shape index (κ1) is 17.1. The Bertz CT molecular complexity index is 847. The molecule has 1 aromatic heterocycles. The van der Waals surface area contributed by atoms with Gasteiger partial charge in [0.05, 0.1) is 12.7 Å². The Balaban J connectivity index is 1.86. The van der Waals surface area contributed by atoms with Gasteiger partial charge in [-0.15, -0.1) is 10.2 Å². The van der Waals surface area contributed by atoms with Crippen molar-refractivity contribution in [3.63, 3.8) is 0 Å². The molecule has 0 N–H and O–H groups in total. The molecule has 3 aromatic rings. The third-order valence-electron chi connectivity index (χ3n) is 3.59. The summed E-state index contributed by atoms with van der Waals surface area (Å²) in [6.45, 7) is 0. The summed E-state index contributed by atoms with van der Waals surface area (Å²) in [7, 11) is 3.57. The maximum atomic E-state index is 6.22. The minimum absolute atomic E-state index is 0.621. The van der Waals surface area contributed by atoms with E-state index in [0.717, 1.165) is 27.9 Å². The Kier molecular flexibility index (Phi) is 5.33. The average molecular weight is 380 g/mol. The van der Waals surface area contributed by atoms with Gasteiger partial charge in [-0.3, -0.25) is 0 Å². The summed E-state index contributed by atoms with van der Waals surface area (Å²) in [6, 6.07) is 13.2. The van der Waals surface area contributed by atoms with Crippen molar-refractivity contribution in [1.82, 2.24) is 14.8 Å². The van der Waals surface area contributed by atoms with Crippen molar-refractivity contribution in [3.8, 4) is 17.1 Å². The maximum Gasteiger partial charge on any atom is 0.191 e. The summed E-state index contributed by atoms with van der Waals surface area (Å²) in [6.07, 6.45) is 0. The maximum absolute atomic E-state index is 6.22. The second-order valence-corrected chi connectivity index (χ2v) is 6.81. The minimum Gasteiger partial charge on any atom is -0.496 e. The van der Waals surface area contributed by atoms with Gasteiger partial charge < -0.3 is 9.30 Å². The molecule has 0 aliphatic heterocycles. The number of nitrogens with zero attached hydrogens (tertiary/aromatic N) is 3. The lowest BCUT2D eigenvalue weighted by Crippen LogP contribution is -1.97. The van der Waals surface area contributed by atoms with E-state index in [0.29, 0.717) is 15.8 Å². The topological polar surface area (TPSA) is 39.9 Å². The SMILES string of the molecule is COc1ccccc1-c1nnc(SCc2c(Cl)cccc2Cl)n1C. The van der Waals surface area contributed by atoms with Crippen LogP contribution in [0.2, 0.25) is 10.0 Å². The molecule has 0 saturated carbocycles. The number of halogens is 2. The average Bonchev–Trinajstić information content (AvgIpc) is 2.95. The fraction of sp³-hybridized carbons (Fsp3) is 0.176. The van der Waals surface area contributed by atoms with Gasteiger partial charge in [0.15, 0.2) is 11.0 Å². The molecule has 0 bridgehead atoms. The standard InChI is InChI=1S/C17H15Cl2N3OS/c1-22-16(11-6-3-4-9-15(11)23-2)20-21-17(22)24-10-12-13(18)7-5-8-14(12)19/h3-9H,10H2,1-2H3. The largest absolute Gasteiger partial charge is 0.496 e. The number of hydrogen-bond donors (Lipinski definition) is 0. The quantitative estimate of drug-likeness (QED) is 0.578. The highest BCUT2D eigenvalue weighted by atomic mass is 35.5. The Hall–Kier alpha value is -1.69. The molecule has 0 amide bonds. The lowest BCUT2D eigenvalue weighted by Gasteiger charge is -2.09. The van der Waals surface area contributed by atoms with Crippen LogP contribution in [0.5, 0.6) is 5.75 Å². The second-order valence-electron chi connectivity index (χ2n) is 5.05. The summed E-state index contributed by atoms with van der Waals surface area (Å²) in [5, 5.41) is 10.7. The van der Waals surface area contributed by atoms with Crippen LogP contribution in [-0.2, 0) is 12.8 Å². The smallest absolute Gasteiger partial charge is 0.191 e. The van der Waals surface area contributed by atoms with Crippen LogP contribution < -0.4 is 4.74 Å². The van der Waals surface area contributed by atoms with E-state index in [1.54, 1.807) is 7.11 Å². The van der Waals surface area contributed by atoms with E-state index < -0.39 is 0 Å². The molecular weight excluding hydrogens is 365 g/mol. The number of hydrogen-bond acceptors (Lipinski definition) is 4. The molecule has 24 heavy (non-hydrogen) atoms. The normalized spacial score (nSPS) is 10.8. The number of para-hydroxylation sites is 1. The molecule has 124 valence electrons. The number of rotatable bonds is 5. The minimum atomic E-state index is 0.621. The van der Waals surface area contributed by atoms with Crippen LogP contribution in [0.1, 0.15) is 5.56 Å². The van der Waals surface area contributed by atoms with Crippen LogP contribution in [0.25, 0.3) is 11.4 Å². The van der Waals surface area contributed by atoms with E-state index in [-0.39, 0.29) is 0 Å². The molecule has 2 aromatic carbocycles. The predicted molar refractivity (Wildman–Crippen MR) is 99.0 cm³/mol. The van der Waals surface area contributed by atoms with Crippen LogP contribution in [0, 0.1) is 0 Å². The molecule has 1 heterocycles. The highest BCUT2D eigenvalue weighted by molar-refractivity contribution is 7.98. The van der Waals surface area contributed by atoms with Gasteiger partial charge in [0.1, 0.15) is 5.75 Å². The van der Waals surface area contributed by atoms with Crippen molar-refractivity contribution in [1.29, 1.82) is 0 Å². The van der Waals surface area contributed by atoms with Gasteiger partial charge in [-0.05, 0) is 29.8 Å². The zero-order chi connectivity index (χ0) is 17.1. The Morgan fingerprint density at radius 1 is 1.04 bits per heavy atom. The third kappa shape index (κ3) is 3.38. The zero-order valence-corrected chi connectivity index (χ0v) is 15.5. The van der Waals surface area contributed by atoms with E-state index in [2.05, 4.69) is 10.2 Å². The molecule has 0 radical (unpaired) electrons. The highest BCUT2D eigenvalue weighted by Gasteiger charge is 2.15. The van der Waals surface area contributed by atoms with Crippen LogP contribution in [0.15, 0.2) is 47.6 Å². The number of benzene rings is 2. The van der Waals surface area contributed by atoms with Gasteiger partial charge in [0, 0.05) is 22.8 Å². The van der Waals surface area contributed by atoms with Gasteiger partial charge in [-0.1, -0.05) is 53.2 Å². The Morgan fingerprint density at radius 3 is 2.46 bits per heavy atom. The Labute approximate surface area is 154 Å². The lowest BCUT2D eigenvalue weighted by atomic mass is 10.2. The first-order valence-corrected chi connectivity index (χ1v) is 8.94. The summed E-state index contributed by atoms with van der Waals surface area (Å²) in [4.78, 5) is 0. The van der Waals surface area contributed by atoms with Gasteiger partial charge in [-0.25, -0.2) is 0 Å². The molecule has 0 saturated heterocycles. The number of aromatic nitrogens is 3. The van der Waals surface area contributed by atoms with Crippen molar-refractivity contribution in [2.45, 2.75) is 10.9 Å². The van der Waals surface area contributed by atoms with Gasteiger partial charge >= 0.3 is 0 Å². The van der Waals surface area contributed by atoms with E-state index in [1.165, 1.54) is 11.8 Å². The number of ether oxygens (including phenoxy) is 1. The fourth-order valence-corrected chi connectivity index (χ4v) is 3.96.